The van der Waals surface area contributed by atoms with Gasteiger partial charge in [-0.1, -0.05) is 104 Å². The van der Waals surface area contributed by atoms with E-state index in [9.17, 15) is 14.7 Å². The summed E-state index contributed by atoms with van der Waals surface area (Å²) in [5, 5.41) is 13.9. The number of aliphatic hydroxyl groups is 1. The number of carbonyl (C=O) groups is 4. The average molecular weight is 698 g/mol. The Balaban J connectivity index is 1.34. The molecule has 1 aliphatic carbocycles. The van der Waals surface area contributed by atoms with Crippen LogP contribution < -0.4 is 5.32 Å². The largest absolute Gasteiger partial charge is 0.455 e. The van der Waals surface area contributed by atoms with Crippen LogP contribution in [0, 0.1) is 11.8 Å². The van der Waals surface area contributed by atoms with E-state index < -0.39 is 66.3 Å². The number of fused-ring (bicyclic) bond motifs is 2. The summed E-state index contributed by atoms with van der Waals surface area (Å²) in [7, 11) is 1.52. The van der Waals surface area contributed by atoms with E-state index in [1.54, 1.807) is 12.2 Å². The maximum absolute atomic E-state index is 15.1. The smallest absolute Gasteiger partial charge is 0.313 e. The minimum Gasteiger partial charge on any atom is -0.455 e. The molecule has 11 nitrogen and oxygen atoms in total. The van der Waals surface area contributed by atoms with Gasteiger partial charge in [0.05, 0.1) is 37.3 Å². The standard InChI is InChI=1S/C40H47N3O8/c1-49-25-29-35(27-16-7-3-8-17-27)50-39(48)33-31(20-11-12-21-32(45)41-29)51-40-22-13-23-42(28-18-9-4-10-19-28)38(47)36(40)43(37(46)34(33)40)30(24-44)26-14-5-2-6-15-26/h2-3,5-8,11,13-17,20,22,28-31,33-36,44H,4,9-10,12,18-19,21,23-25H2,1H3,(H,41,45)/b20-11-/t29-,30-,31-,33+,34+,35-,36-,40+/m1/s1. The fourth-order valence-corrected chi connectivity index (χ4v) is 8.93. The van der Waals surface area contributed by atoms with Gasteiger partial charge in [-0.15, -0.1) is 0 Å². The molecule has 0 radical (unpaired) electrons. The third kappa shape index (κ3) is 6.51. The van der Waals surface area contributed by atoms with E-state index in [-0.39, 0.29) is 30.9 Å². The second-order valence-corrected chi connectivity index (χ2v) is 14.2. The van der Waals surface area contributed by atoms with Gasteiger partial charge in [-0.3, -0.25) is 19.2 Å². The Hall–Kier alpha value is -4.32. The lowest BCUT2D eigenvalue weighted by molar-refractivity contribution is -0.163. The average Bonchev–Trinajstić information content (AvgIpc) is 3.54. The molecule has 0 unspecified atom stereocenters. The van der Waals surface area contributed by atoms with Gasteiger partial charge in [-0.2, -0.15) is 0 Å². The van der Waals surface area contributed by atoms with Crippen LogP contribution in [0.3, 0.4) is 0 Å². The minimum absolute atomic E-state index is 0.0141. The summed E-state index contributed by atoms with van der Waals surface area (Å²) in [6.07, 6.45) is 10.8. The molecule has 4 heterocycles. The van der Waals surface area contributed by atoms with Crippen LogP contribution in [0.5, 0.6) is 0 Å². The van der Waals surface area contributed by atoms with Crippen LogP contribution in [0.1, 0.15) is 68.2 Å². The number of aliphatic hydroxyl groups excluding tert-OH is 1. The summed E-state index contributed by atoms with van der Waals surface area (Å²) in [5.41, 5.74) is -0.185. The molecule has 7 rings (SSSR count). The predicted octanol–water partition coefficient (Wildman–Crippen LogP) is 3.80. The zero-order chi connectivity index (χ0) is 35.5. The highest BCUT2D eigenvalue weighted by Gasteiger charge is 2.73. The number of hydrogen-bond donors (Lipinski definition) is 2. The summed E-state index contributed by atoms with van der Waals surface area (Å²) in [5.74, 6) is -3.85. The van der Waals surface area contributed by atoms with Crippen LogP contribution in [-0.2, 0) is 33.4 Å². The Labute approximate surface area is 298 Å². The number of likely N-dealkylation sites (tertiary alicyclic amines) is 1. The zero-order valence-electron chi connectivity index (χ0n) is 29.0. The number of rotatable bonds is 7. The molecule has 8 atom stereocenters. The Bertz CT molecular complexity index is 1640. The predicted molar refractivity (Wildman–Crippen MR) is 187 cm³/mol. The number of benzene rings is 2. The van der Waals surface area contributed by atoms with Crippen LogP contribution in [0.25, 0.3) is 0 Å². The van der Waals surface area contributed by atoms with Crippen LogP contribution in [0.15, 0.2) is 85.0 Å². The minimum atomic E-state index is -1.51. The lowest BCUT2D eigenvalue weighted by Gasteiger charge is -2.41. The molecule has 2 aromatic rings. The molecule has 0 aromatic heterocycles. The molecule has 2 saturated heterocycles. The molecular weight excluding hydrogens is 650 g/mol. The maximum Gasteiger partial charge on any atom is 0.313 e. The van der Waals surface area contributed by atoms with Crippen LogP contribution in [-0.4, -0.2) is 95.3 Å². The van der Waals surface area contributed by atoms with Crippen molar-refractivity contribution in [3.05, 3.63) is 96.1 Å². The number of allylic oxidation sites excluding steroid dienone is 1. The third-order valence-corrected chi connectivity index (χ3v) is 11.2. The Morgan fingerprint density at radius 2 is 1.69 bits per heavy atom. The SMILES string of the molecule is COC[C@H]1NC(=O)CC/C=C\[C@H]2O[C@]34C=CCN(C5CCCCC5)C(=O)[C@H]3N([C@H](CO)c3ccccc3)C(=O)[C@@H]4[C@H]2C(=O)O[C@@H]1c1ccccc1. The van der Waals surface area contributed by atoms with Crippen molar-refractivity contribution in [3.63, 3.8) is 0 Å². The second kappa shape index (κ2) is 15.1. The molecular formula is C40H47N3O8. The van der Waals surface area contributed by atoms with E-state index in [4.69, 9.17) is 14.2 Å². The Morgan fingerprint density at radius 3 is 2.39 bits per heavy atom. The Morgan fingerprint density at radius 1 is 0.961 bits per heavy atom. The van der Waals surface area contributed by atoms with Gasteiger partial charge in [-0.25, -0.2) is 0 Å². The molecule has 2 N–H and O–H groups in total. The van der Waals surface area contributed by atoms with Gasteiger partial charge < -0.3 is 34.4 Å². The van der Waals surface area contributed by atoms with Crippen molar-refractivity contribution >= 4 is 23.7 Å². The Kier molecular flexibility index (Phi) is 10.4. The first-order chi connectivity index (χ1) is 24.9. The van der Waals surface area contributed by atoms with Crippen molar-refractivity contribution in [1.82, 2.24) is 15.1 Å². The number of esters is 1. The lowest BCUT2D eigenvalue weighted by atomic mass is 9.77. The molecule has 3 amide bonds. The van der Waals surface area contributed by atoms with Gasteiger partial charge >= 0.3 is 5.97 Å². The van der Waals surface area contributed by atoms with Gasteiger partial charge in [-0.05, 0) is 30.4 Å². The highest BCUT2D eigenvalue weighted by molar-refractivity contribution is 5.99. The van der Waals surface area contributed by atoms with E-state index in [1.807, 2.05) is 77.7 Å². The summed E-state index contributed by atoms with van der Waals surface area (Å²) < 4.78 is 18.8. The topological polar surface area (TPSA) is 135 Å². The number of amides is 3. The van der Waals surface area contributed by atoms with Crippen molar-refractivity contribution in [2.24, 2.45) is 11.8 Å². The number of cyclic esters (lactones) is 1. The number of nitrogens with one attached hydrogen (secondary N) is 1. The quantitative estimate of drug-likeness (QED) is 0.330. The molecule has 5 aliphatic rings. The van der Waals surface area contributed by atoms with Gasteiger partial charge in [0.1, 0.15) is 23.7 Å². The number of nitrogens with zero attached hydrogens (tertiary/aromatic N) is 2. The molecule has 51 heavy (non-hydrogen) atoms. The van der Waals surface area contributed by atoms with Crippen LogP contribution in [0.4, 0.5) is 0 Å². The lowest BCUT2D eigenvalue weighted by Crippen LogP contribution is -2.58. The summed E-state index contributed by atoms with van der Waals surface area (Å²) in [6, 6.07) is 15.6. The molecule has 1 saturated carbocycles. The summed E-state index contributed by atoms with van der Waals surface area (Å²) >= 11 is 0. The molecule has 0 bridgehead atoms. The van der Waals surface area contributed by atoms with Crippen LogP contribution in [0.2, 0.25) is 0 Å². The number of ether oxygens (including phenoxy) is 3. The van der Waals surface area contributed by atoms with Gasteiger partial charge in [0, 0.05) is 26.1 Å². The van der Waals surface area contributed by atoms with E-state index >= 15 is 9.59 Å². The van der Waals surface area contributed by atoms with E-state index in [1.165, 1.54) is 12.0 Å². The summed E-state index contributed by atoms with van der Waals surface area (Å²) in [4.78, 5) is 61.3. The van der Waals surface area contributed by atoms with Crippen molar-refractivity contribution in [3.8, 4) is 0 Å². The van der Waals surface area contributed by atoms with Crippen molar-refractivity contribution < 1.29 is 38.5 Å². The van der Waals surface area contributed by atoms with Crippen molar-refractivity contribution in [2.45, 2.75) is 86.9 Å². The number of carbonyl (C=O) groups excluding carboxylic acids is 4. The van der Waals surface area contributed by atoms with Gasteiger partial charge in [0.2, 0.25) is 17.7 Å². The van der Waals surface area contributed by atoms with E-state index in [0.29, 0.717) is 24.1 Å². The monoisotopic (exact) mass is 697 g/mol. The maximum atomic E-state index is 15.1. The van der Waals surface area contributed by atoms with Gasteiger partial charge in [0.15, 0.2) is 0 Å². The first-order valence-corrected chi connectivity index (χ1v) is 18.2. The molecule has 4 aliphatic heterocycles. The van der Waals surface area contributed by atoms with E-state index in [2.05, 4.69) is 5.32 Å². The highest BCUT2D eigenvalue weighted by Crippen LogP contribution is 2.55. The molecule has 270 valence electrons. The fraction of sp³-hybridized carbons (Fsp3) is 0.500. The molecule has 3 fully saturated rings. The first-order valence-electron chi connectivity index (χ1n) is 18.2. The van der Waals surface area contributed by atoms with Crippen molar-refractivity contribution in [2.75, 3.05) is 26.9 Å². The van der Waals surface area contributed by atoms with Crippen LogP contribution >= 0.6 is 0 Å². The molecule has 1 spiro atoms. The number of methoxy groups -OCH3 is 1. The fourth-order valence-electron chi connectivity index (χ4n) is 8.93. The number of hydrogen-bond acceptors (Lipinski definition) is 8. The summed E-state index contributed by atoms with van der Waals surface area (Å²) in [6.45, 7) is 0.000225. The zero-order valence-corrected chi connectivity index (χ0v) is 29.0. The molecule has 11 heteroatoms. The third-order valence-electron chi connectivity index (χ3n) is 11.2. The van der Waals surface area contributed by atoms with E-state index in [0.717, 1.165) is 32.1 Å². The molecule has 2 aromatic carbocycles. The highest BCUT2D eigenvalue weighted by atomic mass is 16.6. The van der Waals surface area contributed by atoms with Crippen molar-refractivity contribution in [1.29, 1.82) is 0 Å². The van der Waals surface area contributed by atoms with Gasteiger partial charge in [0.25, 0.3) is 0 Å². The first kappa shape index (κ1) is 35.1. The normalized spacial score (nSPS) is 32.8. The second-order valence-electron chi connectivity index (χ2n) is 14.2.